The van der Waals surface area contributed by atoms with E-state index in [9.17, 15) is 0 Å². The lowest BCUT2D eigenvalue weighted by Gasteiger charge is -2.49. The molecule has 0 bridgehead atoms. The van der Waals surface area contributed by atoms with Gasteiger partial charge in [0.2, 0.25) is 0 Å². The molecule has 3 fully saturated rings. The third-order valence-corrected chi connectivity index (χ3v) is 14.9. The van der Waals surface area contributed by atoms with Gasteiger partial charge in [-0.2, -0.15) is 0 Å². The van der Waals surface area contributed by atoms with Gasteiger partial charge < -0.3 is 5.32 Å². The maximum atomic E-state index is 4.23. The number of rotatable bonds is 2. The van der Waals surface area contributed by atoms with Crippen LogP contribution in [0.25, 0.3) is 6.08 Å². The molecule has 1 heterocycles. The Hall–Kier alpha value is -0.383. The van der Waals surface area contributed by atoms with Gasteiger partial charge in [-0.3, -0.25) is 0 Å². The van der Waals surface area contributed by atoms with E-state index in [2.05, 4.69) is 77.7 Å². The van der Waals surface area contributed by atoms with Gasteiger partial charge in [0, 0.05) is 10.9 Å². The van der Waals surface area contributed by atoms with Crippen molar-refractivity contribution in [1.82, 2.24) is 5.32 Å². The predicted molar refractivity (Wildman–Crippen MR) is 122 cm³/mol. The number of piperidine rings is 1. The number of hydrogen-bond donors (Lipinski definition) is 1. The lowest BCUT2D eigenvalue weighted by Crippen LogP contribution is -2.54. The largest absolute Gasteiger partial charge is 0.314 e. The van der Waals surface area contributed by atoms with Gasteiger partial charge in [0.05, 0.1) is 8.07 Å². The molecule has 1 nitrogen and oxygen atoms in total. The summed E-state index contributed by atoms with van der Waals surface area (Å²) in [6.07, 6.45) is 10.6. The number of alkyl halides is 1. The number of nitrogens with one attached hydrogen (secondary N) is 1. The third kappa shape index (κ3) is 2.87. The van der Waals surface area contributed by atoms with Crippen LogP contribution in [0.1, 0.15) is 49.3 Å². The minimum Gasteiger partial charge on any atom is -0.314 e. The van der Waals surface area contributed by atoms with E-state index in [0.29, 0.717) is 5.54 Å². The molecule has 4 aliphatic rings. The van der Waals surface area contributed by atoms with E-state index in [4.69, 9.17) is 0 Å². The molecule has 27 heavy (non-hydrogen) atoms. The van der Waals surface area contributed by atoms with Crippen molar-refractivity contribution in [3.8, 4) is 0 Å². The zero-order valence-electron chi connectivity index (χ0n) is 17.0. The van der Waals surface area contributed by atoms with E-state index < -0.39 is 8.07 Å². The van der Waals surface area contributed by atoms with Crippen LogP contribution in [0.4, 0.5) is 0 Å². The molecule has 0 radical (unpaired) electrons. The van der Waals surface area contributed by atoms with Crippen molar-refractivity contribution >= 4 is 30.1 Å². The van der Waals surface area contributed by atoms with Crippen molar-refractivity contribution in [3.05, 3.63) is 41.5 Å². The van der Waals surface area contributed by atoms with E-state index in [1.165, 1.54) is 37.8 Å². The predicted octanol–water partition coefficient (Wildman–Crippen LogP) is 6.22. The molecule has 1 aliphatic heterocycles. The van der Waals surface area contributed by atoms with Gasteiger partial charge in [0.25, 0.3) is 0 Å². The van der Waals surface area contributed by atoms with Crippen LogP contribution in [-0.4, -0.2) is 25.5 Å². The zero-order chi connectivity index (χ0) is 18.8. The van der Waals surface area contributed by atoms with Crippen LogP contribution in [0.2, 0.25) is 18.6 Å². The molecule has 1 aromatic rings. The standard InChI is InChI=1S/C24H34BrNSi/c1-15-13-19-20(14-21-18(23(19)25)9-6-12-26-21)24(15)27(2,3)22-11-10-16-7-4-5-8-17(16)22/h4-5,7-8,10-11,15,18-24,26H,6,9,12-14H2,1-3H3. The maximum Gasteiger partial charge on any atom is 0.0632 e. The lowest BCUT2D eigenvalue weighted by molar-refractivity contribution is 0.137. The number of halogens is 1. The van der Waals surface area contributed by atoms with E-state index in [1.807, 2.05) is 0 Å². The Morgan fingerprint density at radius 3 is 2.74 bits per heavy atom. The van der Waals surface area contributed by atoms with Gasteiger partial charge in [0.1, 0.15) is 0 Å². The average Bonchev–Trinajstić information content (AvgIpc) is 3.23. The first-order valence-corrected chi connectivity index (χ1v) is 15.2. The molecule has 8 unspecified atom stereocenters. The molecule has 0 aromatic heterocycles. The minimum absolute atomic E-state index is 0.700. The van der Waals surface area contributed by atoms with Crippen molar-refractivity contribution in [2.24, 2.45) is 23.7 Å². The smallest absolute Gasteiger partial charge is 0.0632 e. The Kier molecular flexibility index (Phi) is 4.72. The second-order valence-electron chi connectivity index (χ2n) is 10.4. The molecule has 0 amide bonds. The van der Waals surface area contributed by atoms with Crippen LogP contribution in [0.3, 0.4) is 0 Å². The SMILES string of the molecule is CC1CC2C(Br)C3CCCNC3CC2C1[Si](C)(C)C1C=Cc2ccccc21. The van der Waals surface area contributed by atoms with Crippen LogP contribution < -0.4 is 5.32 Å². The number of benzene rings is 1. The quantitative estimate of drug-likeness (QED) is 0.422. The van der Waals surface area contributed by atoms with Gasteiger partial charge in [-0.1, -0.05) is 72.4 Å². The first kappa shape index (κ1) is 18.6. The van der Waals surface area contributed by atoms with E-state index in [-0.39, 0.29) is 0 Å². The van der Waals surface area contributed by atoms with Crippen molar-refractivity contribution in [2.45, 2.75) is 67.7 Å². The lowest BCUT2D eigenvalue weighted by atomic mass is 9.70. The van der Waals surface area contributed by atoms with Gasteiger partial charge >= 0.3 is 0 Å². The normalized spacial score (nSPS) is 43.3. The van der Waals surface area contributed by atoms with Crippen molar-refractivity contribution in [3.63, 3.8) is 0 Å². The first-order chi connectivity index (χ1) is 13.0. The Bertz CT molecular complexity index is 744. The second-order valence-corrected chi connectivity index (χ2v) is 16.4. The molecule has 1 N–H and O–H groups in total. The van der Waals surface area contributed by atoms with Gasteiger partial charge in [-0.15, -0.1) is 0 Å². The highest BCUT2D eigenvalue weighted by Gasteiger charge is 2.57. The fraction of sp³-hybridized carbons (Fsp3) is 0.667. The van der Waals surface area contributed by atoms with Crippen molar-refractivity contribution < 1.29 is 0 Å². The van der Waals surface area contributed by atoms with Crippen LogP contribution >= 0.6 is 15.9 Å². The Labute approximate surface area is 174 Å². The number of allylic oxidation sites excluding steroid dienone is 1. The summed E-state index contributed by atoms with van der Waals surface area (Å²) < 4.78 is 0. The second kappa shape index (κ2) is 6.85. The zero-order valence-corrected chi connectivity index (χ0v) is 19.6. The Morgan fingerprint density at radius 1 is 1.07 bits per heavy atom. The molecule has 8 atom stereocenters. The molecule has 5 rings (SSSR count). The molecule has 0 spiro atoms. The number of fused-ring (bicyclic) bond motifs is 3. The molecular weight excluding hydrogens is 410 g/mol. The highest BCUT2D eigenvalue weighted by Crippen LogP contribution is 2.61. The van der Waals surface area contributed by atoms with Crippen LogP contribution in [0.15, 0.2) is 30.3 Å². The van der Waals surface area contributed by atoms with Gasteiger partial charge in [-0.05, 0) is 78.1 Å². The molecule has 1 saturated heterocycles. The van der Waals surface area contributed by atoms with Crippen molar-refractivity contribution in [1.29, 1.82) is 0 Å². The summed E-state index contributed by atoms with van der Waals surface area (Å²) in [6.45, 7) is 9.23. The summed E-state index contributed by atoms with van der Waals surface area (Å²) in [5.41, 5.74) is 4.73. The summed E-state index contributed by atoms with van der Waals surface area (Å²) in [7, 11) is -1.48. The summed E-state index contributed by atoms with van der Waals surface area (Å²) >= 11 is 4.23. The fourth-order valence-corrected chi connectivity index (χ4v) is 14.1. The van der Waals surface area contributed by atoms with Crippen LogP contribution in [-0.2, 0) is 0 Å². The summed E-state index contributed by atoms with van der Waals surface area (Å²) in [6, 6.07) is 9.91. The van der Waals surface area contributed by atoms with Crippen molar-refractivity contribution in [2.75, 3.05) is 6.54 Å². The summed E-state index contributed by atoms with van der Waals surface area (Å²) in [5, 5.41) is 3.91. The monoisotopic (exact) mass is 443 g/mol. The Morgan fingerprint density at radius 2 is 1.89 bits per heavy atom. The van der Waals surface area contributed by atoms with Gasteiger partial charge in [0.15, 0.2) is 0 Å². The van der Waals surface area contributed by atoms with E-state index in [0.717, 1.165) is 40.1 Å². The topological polar surface area (TPSA) is 12.0 Å². The molecule has 3 heteroatoms. The number of hydrogen-bond acceptors (Lipinski definition) is 1. The van der Waals surface area contributed by atoms with E-state index >= 15 is 0 Å². The molecule has 2 saturated carbocycles. The van der Waals surface area contributed by atoms with Gasteiger partial charge in [-0.25, -0.2) is 0 Å². The first-order valence-electron chi connectivity index (χ1n) is 11.1. The molecule has 146 valence electrons. The maximum absolute atomic E-state index is 4.23. The Balaban J connectivity index is 1.47. The van der Waals surface area contributed by atoms with E-state index in [1.54, 1.807) is 5.56 Å². The van der Waals surface area contributed by atoms with Crippen LogP contribution in [0.5, 0.6) is 0 Å². The highest BCUT2D eigenvalue weighted by atomic mass is 79.9. The third-order valence-electron chi connectivity index (χ3n) is 8.71. The molecule has 1 aromatic carbocycles. The molecular formula is C24H34BrNSi. The average molecular weight is 445 g/mol. The highest BCUT2D eigenvalue weighted by molar-refractivity contribution is 9.09. The summed E-state index contributed by atoms with van der Waals surface area (Å²) in [5.74, 6) is 3.56. The molecule has 3 aliphatic carbocycles. The summed E-state index contributed by atoms with van der Waals surface area (Å²) in [4.78, 5) is 0.734. The minimum atomic E-state index is -1.48. The van der Waals surface area contributed by atoms with Crippen LogP contribution in [0, 0.1) is 23.7 Å². The fourth-order valence-electron chi connectivity index (χ4n) is 7.74.